The van der Waals surface area contributed by atoms with E-state index in [2.05, 4.69) is 9.80 Å². The van der Waals surface area contributed by atoms with Crippen LogP contribution in [-0.2, 0) is 4.79 Å². The highest BCUT2D eigenvalue weighted by atomic mass is 16.2. The zero-order valence-electron chi connectivity index (χ0n) is 18.6. The number of fused-ring (bicyclic) bond motifs is 7. The molecule has 1 aromatic rings. The molecule has 2 aliphatic heterocycles. The first-order chi connectivity index (χ1) is 15.2. The van der Waals surface area contributed by atoms with Gasteiger partial charge in [0.25, 0.3) is 0 Å². The summed E-state index contributed by atoms with van der Waals surface area (Å²) in [5, 5.41) is 0. The number of Topliss-reactive ketones (excluding diaryl/α,β-unsaturated/α-hetero) is 1. The van der Waals surface area contributed by atoms with E-state index in [0.29, 0.717) is 17.7 Å². The van der Waals surface area contributed by atoms with E-state index >= 15 is 0 Å². The number of allylic oxidation sites excluding steroid dienone is 1. The van der Waals surface area contributed by atoms with Crippen LogP contribution in [0.1, 0.15) is 74.6 Å². The van der Waals surface area contributed by atoms with Gasteiger partial charge in [0, 0.05) is 24.6 Å². The molecule has 1 amide bonds. The van der Waals surface area contributed by atoms with Crippen LogP contribution in [0.4, 0.5) is 0 Å². The van der Waals surface area contributed by atoms with Crippen molar-refractivity contribution in [2.24, 2.45) is 23.7 Å². The minimum Gasteiger partial charge on any atom is -0.344 e. The van der Waals surface area contributed by atoms with Crippen molar-refractivity contribution in [1.29, 1.82) is 0 Å². The molecule has 31 heavy (non-hydrogen) atoms. The van der Waals surface area contributed by atoms with Crippen LogP contribution in [0.2, 0.25) is 0 Å². The molecule has 4 heteroatoms. The van der Waals surface area contributed by atoms with E-state index in [-0.39, 0.29) is 23.9 Å². The topological polar surface area (TPSA) is 40.6 Å². The lowest BCUT2D eigenvalue weighted by atomic mass is 9.63. The lowest BCUT2D eigenvalue weighted by Gasteiger charge is -2.54. The van der Waals surface area contributed by atoms with Crippen LogP contribution in [0.15, 0.2) is 41.6 Å². The Kier molecular flexibility index (Phi) is 4.73. The number of hydrogen-bond acceptors (Lipinski definition) is 3. The molecule has 1 aromatic carbocycles. The molecule has 6 unspecified atom stereocenters. The molecule has 2 heterocycles. The number of carbonyl (C=O) groups excluding carboxylic acids is 2. The number of rotatable bonds is 2. The summed E-state index contributed by atoms with van der Waals surface area (Å²) in [7, 11) is 2.02. The Hall–Kier alpha value is -2.10. The van der Waals surface area contributed by atoms with Gasteiger partial charge in [0.05, 0.1) is 11.6 Å². The van der Waals surface area contributed by atoms with Gasteiger partial charge in [-0.25, -0.2) is 0 Å². The SMILES string of the molecule is CN1C(=O)C2CCCCC2N2C(C(=O)c3ccccc3)=C3CCC4CCCCC4C3C12. The van der Waals surface area contributed by atoms with Crippen LogP contribution >= 0.6 is 0 Å². The van der Waals surface area contributed by atoms with Gasteiger partial charge in [-0.15, -0.1) is 0 Å². The monoisotopic (exact) mass is 418 g/mol. The fourth-order valence-electron chi connectivity index (χ4n) is 7.89. The number of benzene rings is 1. The molecule has 164 valence electrons. The van der Waals surface area contributed by atoms with Crippen molar-refractivity contribution < 1.29 is 9.59 Å². The summed E-state index contributed by atoms with van der Waals surface area (Å²) >= 11 is 0. The number of nitrogens with zero attached hydrogens (tertiary/aromatic N) is 2. The van der Waals surface area contributed by atoms with Crippen LogP contribution in [0.25, 0.3) is 0 Å². The van der Waals surface area contributed by atoms with Gasteiger partial charge in [-0.05, 0) is 49.5 Å². The van der Waals surface area contributed by atoms with Gasteiger partial charge in [-0.3, -0.25) is 9.59 Å². The number of amides is 1. The molecule has 0 aromatic heterocycles. The Labute approximate surface area is 185 Å². The van der Waals surface area contributed by atoms with Crippen molar-refractivity contribution in [2.75, 3.05) is 7.05 Å². The first-order valence-corrected chi connectivity index (χ1v) is 12.5. The van der Waals surface area contributed by atoms with Gasteiger partial charge >= 0.3 is 0 Å². The Morgan fingerprint density at radius 3 is 2.52 bits per heavy atom. The molecule has 0 radical (unpaired) electrons. The van der Waals surface area contributed by atoms with Crippen molar-refractivity contribution >= 4 is 11.7 Å². The predicted octanol–water partition coefficient (Wildman–Crippen LogP) is 5.01. The Morgan fingerprint density at radius 2 is 1.68 bits per heavy atom. The Bertz CT molecular complexity index is 922. The zero-order chi connectivity index (χ0) is 21.1. The second kappa shape index (κ2) is 7.50. The van der Waals surface area contributed by atoms with Gasteiger partial charge in [0.15, 0.2) is 0 Å². The van der Waals surface area contributed by atoms with Crippen molar-refractivity contribution in [2.45, 2.75) is 76.4 Å². The van der Waals surface area contributed by atoms with Crippen LogP contribution in [-0.4, -0.2) is 40.7 Å². The summed E-state index contributed by atoms with van der Waals surface area (Å²) in [6.07, 6.45) is 11.8. The smallest absolute Gasteiger partial charge is 0.229 e. The standard InChI is InChI=1S/C27H34N2O2/c1-28-26-23-19-12-6-5-9-17(19)15-16-21(23)24(25(30)18-10-3-2-4-11-18)29(26)22-14-8-7-13-20(22)27(28)31/h2-4,10-11,17,19-20,22-23,26H,5-9,12-16H2,1H3. The highest BCUT2D eigenvalue weighted by Gasteiger charge is 2.58. The largest absolute Gasteiger partial charge is 0.344 e. The van der Waals surface area contributed by atoms with Crippen LogP contribution in [0, 0.1) is 23.7 Å². The second-order valence-corrected chi connectivity index (χ2v) is 10.6. The highest BCUT2D eigenvalue weighted by molar-refractivity contribution is 6.09. The average Bonchev–Trinajstić information content (AvgIpc) is 3.18. The molecule has 1 saturated heterocycles. The first kappa shape index (κ1) is 19.6. The molecular weight excluding hydrogens is 384 g/mol. The molecule has 0 N–H and O–H groups in total. The first-order valence-electron chi connectivity index (χ1n) is 12.5. The third-order valence-corrected chi connectivity index (χ3v) is 9.18. The van der Waals surface area contributed by atoms with Crippen LogP contribution in [0.3, 0.4) is 0 Å². The maximum absolute atomic E-state index is 14.0. The molecular formula is C27H34N2O2. The van der Waals surface area contributed by atoms with E-state index in [1.165, 1.54) is 44.1 Å². The normalized spacial score (nSPS) is 37.1. The van der Waals surface area contributed by atoms with Crippen molar-refractivity contribution in [3.8, 4) is 0 Å². The predicted molar refractivity (Wildman–Crippen MR) is 120 cm³/mol. The van der Waals surface area contributed by atoms with Crippen molar-refractivity contribution in [3.63, 3.8) is 0 Å². The van der Waals surface area contributed by atoms with E-state index in [0.717, 1.165) is 42.9 Å². The van der Waals surface area contributed by atoms with Gasteiger partial charge in [0.2, 0.25) is 11.7 Å². The molecule has 3 aliphatic carbocycles. The lowest BCUT2D eigenvalue weighted by molar-refractivity contribution is -0.157. The molecule has 4 fully saturated rings. The van der Waals surface area contributed by atoms with Crippen molar-refractivity contribution in [1.82, 2.24) is 9.80 Å². The Morgan fingerprint density at radius 1 is 0.935 bits per heavy atom. The molecule has 4 nitrogen and oxygen atoms in total. The summed E-state index contributed by atoms with van der Waals surface area (Å²) in [5.74, 6) is 2.31. The summed E-state index contributed by atoms with van der Waals surface area (Å²) in [6.45, 7) is 0. The summed E-state index contributed by atoms with van der Waals surface area (Å²) in [5.41, 5.74) is 3.15. The fraction of sp³-hybridized carbons (Fsp3) is 0.630. The molecule has 0 spiro atoms. The van der Waals surface area contributed by atoms with E-state index in [9.17, 15) is 9.59 Å². The van der Waals surface area contributed by atoms with Gasteiger partial charge in [-0.1, -0.05) is 62.4 Å². The van der Waals surface area contributed by atoms with Gasteiger partial charge < -0.3 is 9.80 Å². The Balaban J connectivity index is 1.50. The van der Waals surface area contributed by atoms with E-state index in [1.807, 2.05) is 37.4 Å². The van der Waals surface area contributed by atoms with Gasteiger partial charge in [0.1, 0.15) is 6.17 Å². The van der Waals surface area contributed by atoms with E-state index < -0.39 is 0 Å². The number of ketones is 1. The van der Waals surface area contributed by atoms with Crippen LogP contribution < -0.4 is 0 Å². The fourth-order valence-corrected chi connectivity index (χ4v) is 7.89. The third kappa shape index (κ3) is 2.86. The van der Waals surface area contributed by atoms with Gasteiger partial charge in [-0.2, -0.15) is 0 Å². The summed E-state index contributed by atoms with van der Waals surface area (Å²) in [6, 6.07) is 10.0. The summed E-state index contributed by atoms with van der Waals surface area (Å²) in [4.78, 5) is 32.0. The van der Waals surface area contributed by atoms with E-state index in [1.54, 1.807) is 0 Å². The molecule has 6 atom stereocenters. The molecule has 0 bridgehead atoms. The number of hydrogen-bond donors (Lipinski definition) is 0. The zero-order valence-corrected chi connectivity index (χ0v) is 18.6. The second-order valence-electron chi connectivity index (χ2n) is 10.6. The minimum atomic E-state index is 0.0513. The molecule has 6 rings (SSSR count). The average molecular weight is 419 g/mol. The maximum atomic E-state index is 14.0. The highest BCUT2D eigenvalue weighted by Crippen LogP contribution is 2.56. The molecule has 3 saturated carbocycles. The van der Waals surface area contributed by atoms with E-state index in [4.69, 9.17) is 0 Å². The third-order valence-electron chi connectivity index (χ3n) is 9.18. The lowest BCUT2D eigenvalue weighted by Crippen LogP contribution is -2.64. The summed E-state index contributed by atoms with van der Waals surface area (Å²) < 4.78 is 0. The van der Waals surface area contributed by atoms with Crippen LogP contribution in [0.5, 0.6) is 0 Å². The maximum Gasteiger partial charge on any atom is 0.229 e. The minimum absolute atomic E-state index is 0.0513. The molecule has 5 aliphatic rings. The quantitative estimate of drug-likeness (QED) is 0.634. The van der Waals surface area contributed by atoms with Crippen molar-refractivity contribution in [3.05, 3.63) is 47.2 Å². The number of carbonyl (C=O) groups is 2.